The van der Waals surface area contributed by atoms with Crippen LogP contribution in [0.4, 0.5) is 5.13 Å². The van der Waals surface area contributed by atoms with E-state index in [2.05, 4.69) is 9.98 Å². The van der Waals surface area contributed by atoms with E-state index in [1.807, 2.05) is 12.3 Å². The normalized spacial score (nSPS) is 19.8. The van der Waals surface area contributed by atoms with Crippen molar-refractivity contribution >= 4 is 39.8 Å². The zero-order valence-electron chi connectivity index (χ0n) is 8.29. The van der Waals surface area contributed by atoms with Gasteiger partial charge in [-0.05, 0) is 13.0 Å². The van der Waals surface area contributed by atoms with E-state index < -0.39 is 11.6 Å². The maximum absolute atomic E-state index is 10.7. The van der Waals surface area contributed by atoms with Crippen molar-refractivity contribution in [3.8, 4) is 0 Å². The lowest BCUT2D eigenvalue weighted by atomic mass is 10.3. The number of carboxylic acids is 1. The van der Waals surface area contributed by atoms with Crippen LogP contribution in [0.5, 0.6) is 0 Å². The van der Waals surface area contributed by atoms with Gasteiger partial charge in [-0.2, -0.15) is 0 Å². The molecule has 2 heterocycles. The first kappa shape index (κ1) is 11.1. The second-order valence-corrected chi connectivity index (χ2v) is 4.35. The van der Waals surface area contributed by atoms with E-state index in [-0.39, 0.29) is 5.71 Å². The van der Waals surface area contributed by atoms with Gasteiger partial charge >= 0.3 is 5.97 Å². The highest BCUT2D eigenvalue weighted by Gasteiger charge is 2.22. The van der Waals surface area contributed by atoms with Gasteiger partial charge in [-0.15, -0.1) is 11.3 Å². The Hall–Kier alpha value is -1.40. The predicted molar refractivity (Wildman–Crippen MR) is 63.2 cm³/mol. The van der Waals surface area contributed by atoms with Crippen LogP contribution in [0, 0.1) is 6.92 Å². The first-order chi connectivity index (χ1) is 7.58. The highest BCUT2D eigenvalue weighted by atomic mass is 35.5. The Bertz CT molecular complexity index is 483. The minimum Gasteiger partial charge on any atom is -0.477 e. The van der Waals surface area contributed by atoms with Crippen molar-refractivity contribution in [2.75, 3.05) is 4.90 Å². The van der Waals surface area contributed by atoms with Gasteiger partial charge in [0.15, 0.2) is 5.13 Å². The molecule has 0 fully saturated rings. The Labute approximate surface area is 101 Å². The van der Waals surface area contributed by atoms with E-state index in [0.717, 1.165) is 5.69 Å². The smallest absolute Gasteiger partial charge is 0.354 e. The van der Waals surface area contributed by atoms with Crippen LogP contribution in [0.3, 0.4) is 0 Å². The molecule has 0 aromatic carbocycles. The molecule has 1 aliphatic rings. The molecule has 1 aromatic rings. The number of carboxylic acid groups (broad SMARTS) is 1. The van der Waals surface area contributed by atoms with Crippen LogP contribution >= 0.6 is 22.9 Å². The van der Waals surface area contributed by atoms with E-state index in [9.17, 15) is 4.79 Å². The van der Waals surface area contributed by atoms with Crippen LogP contribution in [-0.2, 0) is 4.79 Å². The summed E-state index contributed by atoms with van der Waals surface area (Å²) < 4.78 is 0. The van der Waals surface area contributed by atoms with Gasteiger partial charge in [0.1, 0.15) is 5.71 Å². The first-order valence-corrected chi connectivity index (χ1v) is 5.73. The number of aryl methyl sites for hydroxylation is 1. The number of halogens is 1. The van der Waals surface area contributed by atoms with Crippen LogP contribution in [-0.4, -0.2) is 27.4 Å². The van der Waals surface area contributed by atoms with E-state index in [4.69, 9.17) is 16.7 Å². The minimum atomic E-state index is -1.09. The van der Waals surface area contributed by atoms with Crippen LogP contribution in [0.1, 0.15) is 5.69 Å². The number of rotatable bonds is 2. The average Bonchev–Trinajstić information content (AvgIpc) is 2.64. The summed E-state index contributed by atoms with van der Waals surface area (Å²) in [5.74, 6) is -1.09. The highest BCUT2D eigenvalue weighted by Crippen LogP contribution is 2.26. The van der Waals surface area contributed by atoms with Gasteiger partial charge in [0.25, 0.3) is 0 Å². The van der Waals surface area contributed by atoms with Crippen LogP contribution in [0.25, 0.3) is 0 Å². The molecule has 0 saturated carbocycles. The molecular weight excluding hydrogens is 250 g/mol. The standard InChI is InChI=1S/C9H8ClN3O2S/c1-5-4-16-9(11-5)13-3-2-6(7(14)15)12-8(13)10/h2-4,8H,1H3,(H,14,15). The molecule has 0 amide bonds. The number of thiazole rings is 1. The van der Waals surface area contributed by atoms with Gasteiger partial charge in [0.05, 0.1) is 5.69 Å². The molecule has 0 saturated heterocycles. The fraction of sp³-hybridized carbons (Fsp3) is 0.222. The SMILES string of the molecule is Cc1csc(N2C=CC(C(=O)O)=NC2Cl)n1. The highest BCUT2D eigenvalue weighted by molar-refractivity contribution is 7.13. The summed E-state index contributed by atoms with van der Waals surface area (Å²) in [6.45, 7) is 1.88. The minimum absolute atomic E-state index is 0.0514. The molecule has 0 aliphatic carbocycles. The molecule has 7 heteroatoms. The third-order valence-corrected chi connectivity index (χ3v) is 3.19. The van der Waals surface area contributed by atoms with Crippen molar-refractivity contribution in [2.45, 2.75) is 12.5 Å². The summed E-state index contributed by atoms with van der Waals surface area (Å²) in [5.41, 5.74) is 0.0801. The molecule has 1 aliphatic heterocycles. The Morgan fingerprint density at radius 1 is 1.69 bits per heavy atom. The summed E-state index contributed by atoms with van der Waals surface area (Å²) in [6, 6.07) is 0. The Morgan fingerprint density at radius 3 is 2.94 bits per heavy atom. The number of hydrogen-bond donors (Lipinski definition) is 1. The Kier molecular flexibility index (Phi) is 2.93. The second-order valence-electron chi connectivity index (χ2n) is 3.12. The number of anilines is 1. The first-order valence-electron chi connectivity index (χ1n) is 4.42. The summed E-state index contributed by atoms with van der Waals surface area (Å²) in [7, 11) is 0. The number of hydrogen-bond acceptors (Lipinski definition) is 5. The fourth-order valence-electron chi connectivity index (χ4n) is 1.18. The molecule has 16 heavy (non-hydrogen) atoms. The van der Waals surface area contributed by atoms with Gasteiger partial charge in [0.2, 0.25) is 5.62 Å². The number of aromatic nitrogens is 1. The molecule has 0 bridgehead atoms. The third-order valence-electron chi connectivity index (χ3n) is 1.92. The van der Waals surface area contributed by atoms with Crippen molar-refractivity contribution in [2.24, 2.45) is 4.99 Å². The number of alkyl halides is 1. The molecule has 1 aromatic heterocycles. The third kappa shape index (κ3) is 2.07. The zero-order chi connectivity index (χ0) is 11.7. The van der Waals surface area contributed by atoms with Crippen molar-refractivity contribution < 1.29 is 9.90 Å². The van der Waals surface area contributed by atoms with E-state index in [0.29, 0.717) is 5.13 Å². The van der Waals surface area contributed by atoms with Crippen LogP contribution in [0.2, 0.25) is 0 Å². The molecular formula is C9H8ClN3O2S. The van der Waals surface area contributed by atoms with E-state index in [1.165, 1.54) is 17.4 Å². The topological polar surface area (TPSA) is 65.8 Å². The summed E-state index contributed by atoms with van der Waals surface area (Å²) in [5, 5.41) is 11.3. The monoisotopic (exact) mass is 257 g/mol. The summed E-state index contributed by atoms with van der Waals surface area (Å²) in [4.78, 5) is 20.4. The van der Waals surface area contributed by atoms with Gasteiger partial charge in [-0.25, -0.2) is 14.8 Å². The van der Waals surface area contributed by atoms with Crippen molar-refractivity contribution in [1.29, 1.82) is 0 Å². The molecule has 84 valence electrons. The molecule has 0 spiro atoms. The summed E-state index contributed by atoms with van der Waals surface area (Å²) >= 11 is 7.39. The maximum atomic E-state index is 10.7. The quantitative estimate of drug-likeness (QED) is 0.648. The molecule has 1 unspecified atom stereocenters. The lowest BCUT2D eigenvalue weighted by Gasteiger charge is -2.23. The molecule has 2 rings (SSSR count). The van der Waals surface area contributed by atoms with Gasteiger partial charge in [0, 0.05) is 11.6 Å². The second kappa shape index (κ2) is 4.23. The predicted octanol–water partition coefficient (Wildman–Crippen LogP) is 1.83. The van der Waals surface area contributed by atoms with Crippen LogP contribution < -0.4 is 4.90 Å². The molecule has 1 N–H and O–H groups in total. The fourth-order valence-corrected chi connectivity index (χ4v) is 2.31. The Balaban J connectivity index is 2.23. The number of aliphatic imine (C=N–C) groups is 1. The van der Waals surface area contributed by atoms with Crippen molar-refractivity contribution in [3.63, 3.8) is 0 Å². The number of carbonyl (C=O) groups is 1. The Morgan fingerprint density at radius 2 is 2.44 bits per heavy atom. The van der Waals surface area contributed by atoms with E-state index >= 15 is 0 Å². The number of nitrogens with zero attached hydrogens (tertiary/aromatic N) is 3. The van der Waals surface area contributed by atoms with Crippen LogP contribution in [0.15, 0.2) is 22.6 Å². The summed E-state index contributed by atoms with van der Waals surface area (Å²) in [6.07, 6.45) is 2.98. The van der Waals surface area contributed by atoms with Gasteiger partial charge < -0.3 is 5.11 Å². The number of aliphatic carboxylic acids is 1. The largest absolute Gasteiger partial charge is 0.477 e. The lowest BCUT2D eigenvalue weighted by Crippen LogP contribution is -2.30. The molecule has 5 nitrogen and oxygen atoms in total. The van der Waals surface area contributed by atoms with E-state index in [1.54, 1.807) is 11.1 Å². The van der Waals surface area contributed by atoms with Gasteiger partial charge in [-0.1, -0.05) is 11.6 Å². The van der Waals surface area contributed by atoms with Crippen molar-refractivity contribution in [1.82, 2.24) is 4.98 Å². The average molecular weight is 258 g/mol. The maximum Gasteiger partial charge on any atom is 0.354 e. The lowest BCUT2D eigenvalue weighted by molar-refractivity contribution is -0.129. The van der Waals surface area contributed by atoms with Gasteiger partial charge in [-0.3, -0.25) is 4.90 Å². The van der Waals surface area contributed by atoms with Crippen molar-refractivity contribution in [3.05, 3.63) is 23.3 Å². The molecule has 1 atom stereocenters. The zero-order valence-corrected chi connectivity index (χ0v) is 9.87. The molecule has 0 radical (unpaired) electrons.